The third-order valence-corrected chi connectivity index (χ3v) is 3.86. The van der Waals surface area contributed by atoms with Crippen molar-refractivity contribution < 1.29 is 9.18 Å². The molecule has 0 aliphatic carbocycles. The molecule has 0 saturated heterocycles. The normalized spacial score (nSPS) is 11.0. The van der Waals surface area contributed by atoms with Crippen molar-refractivity contribution in [3.8, 4) is 0 Å². The second kappa shape index (κ2) is 6.77. The van der Waals surface area contributed by atoms with E-state index in [4.69, 9.17) is 0 Å². The number of halogens is 1. The summed E-state index contributed by atoms with van der Waals surface area (Å²) in [7, 11) is 0. The van der Waals surface area contributed by atoms with E-state index in [1.165, 1.54) is 23.5 Å². The summed E-state index contributed by atoms with van der Waals surface area (Å²) in [5.74, 6) is -0.341. The predicted molar refractivity (Wildman–Crippen MR) is 86.2 cm³/mol. The van der Waals surface area contributed by atoms with Gasteiger partial charge in [-0.15, -0.1) is 0 Å². The topological polar surface area (TPSA) is 34.0 Å². The molecular weight excluding hydrogens is 279 g/mol. The fourth-order valence-corrected chi connectivity index (χ4v) is 2.86. The van der Waals surface area contributed by atoms with Gasteiger partial charge in [-0.2, -0.15) is 0 Å². The van der Waals surface area contributed by atoms with Crippen molar-refractivity contribution in [1.82, 2.24) is 9.88 Å². The van der Waals surface area contributed by atoms with Gasteiger partial charge in [-0.1, -0.05) is 12.1 Å². The number of carbonyl (C=O) groups excluding carboxylic acids is 1. The summed E-state index contributed by atoms with van der Waals surface area (Å²) in [4.78, 5) is 12.0. The Morgan fingerprint density at radius 1 is 1.23 bits per heavy atom. The Labute approximate surface area is 131 Å². The van der Waals surface area contributed by atoms with Crippen molar-refractivity contribution in [3.05, 3.63) is 58.7 Å². The molecule has 2 rings (SSSR count). The van der Waals surface area contributed by atoms with Gasteiger partial charge in [0.15, 0.2) is 0 Å². The van der Waals surface area contributed by atoms with Gasteiger partial charge in [0.25, 0.3) is 0 Å². The van der Waals surface area contributed by atoms with Crippen LogP contribution in [0.5, 0.6) is 0 Å². The number of amides is 1. The third kappa shape index (κ3) is 3.75. The van der Waals surface area contributed by atoms with Crippen molar-refractivity contribution >= 4 is 5.91 Å². The van der Waals surface area contributed by atoms with Gasteiger partial charge < -0.3 is 9.88 Å². The summed E-state index contributed by atoms with van der Waals surface area (Å²) < 4.78 is 15.1. The van der Waals surface area contributed by atoms with Crippen LogP contribution in [0.15, 0.2) is 30.3 Å². The first-order chi connectivity index (χ1) is 10.4. The molecule has 0 saturated carbocycles. The second-order valence-electron chi connectivity index (χ2n) is 5.94. The fraction of sp³-hybridized carbons (Fsp3) is 0.389. The van der Waals surface area contributed by atoms with Gasteiger partial charge in [0.05, 0.1) is 6.42 Å². The van der Waals surface area contributed by atoms with Crippen LogP contribution in [0.25, 0.3) is 0 Å². The Morgan fingerprint density at radius 2 is 1.86 bits per heavy atom. The van der Waals surface area contributed by atoms with Crippen LogP contribution in [0.1, 0.15) is 42.4 Å². The highest BCUT2D eigenvalue weighted by Crippen LogP contribution is 2.19. The summed E-state index contributed by atoms with van der Waals surface area (Å²) in [5, 5.41) is 2.94. The minimum atomic E-state index is -0.287. The minimum absolute atomic E-state index is 0.0547. The van der Waals surface area contributed by atoms with Gasteiger partial charge in [0, 0.05) is 24.0 Å². The maximum absolute atomic E-state index is 12.8. The Morgan fingerprint density at radius 3 is 2.41 bits per heavy atom. The SMILES string of the molecule is Cc1cc(CNC(=O)Cc2ccc(F)cc2)c(C)n1C(C)C. The van der Waals surface area contributed by atoms with Crippen LogP contribution in [-0.2, 0) is 17.8 Å². The standard InChI is InChI=1S/C18H23FN2O/c1-12(2)21-13(3)9-16(14(21)4)11-20-18(22)10-15-5-7-17(19)8-6-15/h5-9,12H,10-11H2,1-4H3,(H,20,22). The summed E-state index contributed by atoms with van der Waals surface area (Å²) in [5.41, 5.74) is 4.34. The number of nitrogens with one attached hydrogen (secondary N) is 1. The molecule has 0 aliphatic rings. The zero-order chi connectivity index (χ0) is 16.3. The molecular formula is C18H23FN2O. The fourth-order valence-electron chi connectivity index (χ4n) is 2.86. The molecule has 0 unspecified atom stereocenters. The lowest BCUT2D eigenvalue weighted by molar-refractivity contribution is -0.120. The number of benzene rings is 1. The van der Waals surface area contributed by atoms with Crippen LogP contribution < -0.4 is 5.32 Å². The molecule has 1 amide bonds. The highest BCUT2D eigenvalue weighted by molar-refractivity contribution is 5.78. The van der Waals surface area contributed by atoms with Crippen LogP contribution in [0, 0.1) is 19.7 Å². The molecule has 118 valence electrons. The first-order valence-corrected chi connectivity index (χ1v) is 7.57. The molecule has 22 heavy (non-hydrogen) atoms. The quantitative estimate of drug-likeness (QED) is 0.898. The smallest absolute Gasteiger partial charge is 0.224 e. The maximum atomic E-state index is 12.8. The summed E-state index contributed by atoms with van der Waals surface area (Å²) in [6.07, 6.45) is 0.267. The van der Waals surface area contributed by atoms with Gasteiger partial charge >= 0.3 is 0 Å². The highest BCUT2D eigenvalue weighted by atomic mass is 19.1. The molecule has 0 fully saturated rings. The van der Waals surface area contributed by atoms with E-state index in [1.807, 2.05) is 0 Å². The Kier molecular flexibility index (Phi) is 5.01. The Hall–Kier alpha value is -2.10. The lowest BCUT2D eigenvalue weighted by atomic mass is 10.1. The zero-order valence-electron chi connectivity index (χ0n) is 13.6. The van der Waals surface area contributed by atoms with E-state index in [-0.39, 0.29) is 18.1 Å². The van der Waals surface area contributed by atoms with Crippen molar-refractivity contribution in [3.63, 3.8) is 0 Å². The van der Waals surface area contributed by atoms with Crippen molar-refractivity contribution in [2.24, 2.45) is 0 Å². The average Bonchev–Trinajstić information content (AvgIpc) is 2.73. The second-order valence-corrected chi connectivity index (χ2v) is 5.94. The Balaban J connectivity index is 1.97. The minimum Gasteiger partial charge on any atom is -0.352 e. The lowest BCUT2D eigenvalue weighted by Crippen LogP contribution is -2.24. The predicted octanol–water partition coefficient (Wildman–Crippen LogP) is 3.68. The Bertz CT molecular complexity index is 656. The number of hydrogen-bond donors (Lipinski definition) is 1. The van der Waals surface area contributed by atoms with Crippen LogP contribution in [0.2, 0.25) is 0 Å². The summed E-state index contributed by atoms with van der Waals surface area (Å²) >= 11 is 0. The van der Waals surface area contributed by atoms with Gasteiger partial charge in [-0.05, 0) is 57.0 Å². The lowest BCUT2D eigenvalue weighted by Gasteiger charge is -2.14. The molecule has 0 bridgehead atoms. The first-order valence-electron chi connectivity index (χ1n) is 7.57. The number of aryl methyl sites for hydroxylation is 1. The van der Waals surface area contributed by atoms with Crippen LogP contribution in [0.4, 0.5) is 4.39 Å². The van der Waals surface area contributed by atoms with Gasteiger partial charge in [-0.25, -0.2) is 4.39 Å². The molecule has 1 heterocycles. The third-order valence-electron chi connectivity index (χ3n) is 3.86. The van der Waals surface area contributed by atoms with Crippen molar-refractivity contribution in [2.75, 3.05) is 0 Å². The summed E-state index contributed by atoms with van der Waals surface area (Å²) in [6, 6.07) is 8.55. The highest BCUT2D eigenvalue weighted by Gasteiger charge is 2.12. The van der Waals surface area contributed by atoms with Gasteiger partial charge in [0.2, 0.25) is 5.91 Å². The molecule has 1 N–H and O–H groups in total. The number of aromatic nitrogens is 1. The first kappa shape index (κ1) is 16.3. The molecule has 3 nitrogen and oxygen atoms in total. The number of hydrogen-bond acceptors (Lipinski definition) is 1. The molecule has 0 radical (unpaired) electrons. The molecule has 2 aromatic rings. The number of carbonyl (C=O) groups is 1. The molecule has 4 heteroatoms. The van der Waals surface area contributed by atoms with Crippen molar-refractivity contribution in [1.29, 1.82) is 0 Å². The number of rotatable bonds is 5. The van der Waals surface area contributed by atoms with E-state index in [9.17, 15) is 9.18 Å². The van der Waals surface area contributed by atoms with E-state index in [0.29, 0.717) is 12.6 Å². The summed E-state index contributed by atoms with van der Waals surface area (Å²) in [6.45, 7) is 8.98. The molecule has 1 aromatic heterocycles. The van der Waals surface area contributed by atoms with Crippen molar-refractivity contribution in [2.45, 2.75) is 46.7 Å². The van der Waals surface area contributed by atoms with Crippen LogP contribution in [0.3, 0.4) is 0 Å². The number of nitrogens with zero attached hydrogens (tertiary/aromatic N) is 1. The monoisotopic (exact) mass is 302 g/mol. The van der Waals surface area contributed by atoms with E-state index in [2.05, 4.69) is 43.6 Å². The van der Waals surface area contributed by atoms with Crippen LogP contribution >= 0.6 is 0 Å². The van der Waals surface area contributed by atoms with E-state index in [0.717, 1.165) is 11.1 Å². The average molecular weight is 302 g/mol. The molecule has 0 aliphatic heterocycles. The maximum Gasteiger partial charge on any atom is 0.224 e. The molecule has 1 aromatic carbocycles. The largest absolute Gasteiger partial charge is 0.352 e. The van der Waals surface area contributed by atoms with Gasteiger partial charge in [-0.3, -0.25) is 4.79 Å². The van der Waals surface area contributed by atoms with Gasteiger partial charge in [0.1, 0.15) is 5.82 Å². The van der Waals surface area contributed by atoms with Crippen LogP contribution in [-0.4, -0.2) is 10.5 Å². The molecule has 0 atom stereocenters. The van der Waals surface area contributed by atoms with E-state index < -0.39 is 0 Å². The van der Waals surface area contributed by atoms with E-state index >= 15 is 0 Å². The molecule has 0 spiro atoms. The zero-order valence-corrected chi connectivity index (χ0v) is 13.6. The van der Waals surface area contributed by atoms with E-state index in [1.54, 1.807) is 12.1 Å².